The molecule has 0 radical (unpaired) electrons. The fraction of sp³-hybridized carbons (Fsp3) is 0.636. The number of carboxylic acid groups (broad SMARTS) is 1. The molecule has 2 N–H and O–H groups in total. The van der Waals surface area contributed by atoms with Gasteiger partial charge in [0, 0.05) is 26.2 Å². The maximum Gasteiger partial charge on any atom is 0.347 e. The average Bonchev–Trinajstić information content (AvgIpc) is 2.72. The van der Waals surface area contributed by atoms with E-state index in [-0.39, 0.29) is 0 Å². The summed E-state index contributed by atoms with van der Waals surface area (Å²) < 4.78 is 5.27. The second-order valence-electron chi connectivity index (χ2n) is 4.12. The number of carboxylic acids is 1. The molecule has 0 bridgehead atoms. The van der Waals surface area contributed by atoms with Crippen LogP contribution in [0, 0.1) is 6.92 Å². The zero-order valence-corrected chi connectivity index (χ0v) is 11.1. The van der Waals surface area contributed by atoms with E-state index in [4.69, 9.17) is 9.84 Å². The fourth-order valence-corrected chi connectivity index (χ4v) is 2.65. The first kappa shape index (κ1) is 13.3. The van der Waals surface area contributed by atoms with Crippen molar-refractivity contribution in [1.82, 2.24) is 9.88 Å². The highest BCUT2D eigenvalue weighted by Crippen LogP contribution is 2.22. The SMILES string of the molecule is Cc1nc(NCCN2CCOCC2)sc1C(=O)O. The number of nitrogens with one attached hydrogen (secondary N) is 1. The van der Waals surface area contributed by atoms with Gasteiger partial charge in [0.2, 0.25) is 0 Å². The first-order valence-electron chi connectivity index (χ1n) is 5.91. The number of hydrogen-bond acceptors (Lipinski definition) is 6. The number of thiazole rings is 1. The summed E-state index contributed by atoms with van der Waals surface area (Å²) in [6, 6.07) is 0. The van der Waals surface area contributed by atoms with Crippen molar-refractivity contribution in [3.8, 4) is 0 Å². The van der Waals surface area contributed by atoms with Gasteiger partial charge in [0.05, 0.1) is 18.9 Å². The highest BCUT2D eigenvalue weighted by Gasteiger charge is 2.14. The zero-order valence-electron chi connectivity index (χ0n) is 10.3. The Kier molecular flexibility index (Phi) is 4.51. The second kappa shape index (κ2) is 6.12. The van der Waals surface area contributed by atoms with Crippen molar-refractivity contribution in [2.75, 3.05) is 44.7 Å². The zero-order chi connectivity index (χ0) is 13.0. The average molecular weight is 271 g/mol. The van der Waals surface area contributed by atoms with Crippen LogP contribution in [0.15, 0.2) is 0 Å². The van der Waals surface area contributed by atoms with Crippen molar-refractivity contribution in [2.45, 2.75) is 6.92 Å². The van der Waals surface area contributed by atoms with E-state index in [1.807, 2.05) is 0 Å². The number of ether oxygens (including phenoxy) is 1. The van der Waals surface area contributed by atoms with Crippen LogP contribution < -0.4 is 5.32 Å². The lowest BCUT2D eigenvalue weighted by molar-refractivity contribution is 0.0398. The molecule has 1 fully saturated rings. The molecule has 1 aromatic rings. The maximum absolute atomic E-state index is 10.9. The maximum atomic E-state index is 10.9. The van der Waals surface area contributed by atoms with E-state index in [0.717, 1.165) is 39.4 Å². The van der Waals surface area contributed by atoms with Crippen LogP contribution in [0.1, 0.15) is 15.4 Å². The molecule has 100 valence electrons. The van der Waals surface area contributed by atoms with Crippen LogP contribution >= 0.6 is 11.3 Å². The van der Waals surface area contributed by atoms with Gasteiger partial charge in [0.25, 0.3) is 0 Å². The Labute approximate surface area is 110 Å². The summed E-state index contributed by atoms with van der Waals surface area (Å²) in [5, 5.41) is 12.8. The minimum Gasteiger partial charge on any atom is -0.477 e. The molecule has 0 aliphatic carbocycles. The summed E-state index contributed by atoms with van der Waals surface area (Å²) in [4.78, 5) is 17.7. The third-order valence-electron chi connectivity index (χ3n) is 2.80. The highest BCUT2D eigenvalue weighted by atomic mass is 32.1. The molecule has 0 aromatic carbocycles. The van der Waals surface area contributed by atoms with Crippen LogP contribution in [0.25, 0.3) is 0 Å². The molecular weight excluding hydrogens is 254 g/mol. The van der Waals surface area contributed by atoms with E-state index >= 15 is 0 Å². The first-order chi connectivity index (χ1) is 8.66. The van der Waals surface area contributed by atoms with Gasteiger partial charge in [-0.3, -0.25) is 4.90 Å². The summed E-state index contributed by atoms with van der Waals surface area (Å²) >= 11 is 1.19. The summed E-state index contributed by atoms with van der Waals surface area (Å²) in [6.45, 7) is 6.90. The monoisotopic (exact) mass is 271 g/mol. The van der Waals surface area contributed by atoms with Crippen LogP contribution in [0.3, 0.4) is 0 Å². The molecule has 0 amide bonds. The molecule has 0 saturated carbocycles. The molecular formula is C11H17N3O3S. The second-order valence-corrected chi connectivity index (χ2v) is 5.12. The van der Waals surface area contributed by atoms with Gasteiger partial charge in [-0.05, 0) is 6.92 Å². The van der Waals surface area contributed by atoms with Crippen LogP contribution in [0.2, 0.25) is 0 Å². The van der Waals surface area contributed by atoms with E-state index in [2.05, 4.69) is 15.2 Å². The van der Waals surface area contributed by atoms with E-state index in [0.29, 0.717) is 15.7 Å². The topological polar surface area (TPSA) is 74.7 Å². The largest absolute Gasteiger partial charge is 0.477 e. The summed E-state index contributed by atoms with van der Waals surface area (Å²) in [5.74, 6) is -0.911. The van der Waals surface area contributed by atoms with Crippen LogP contribution in [-0.4, -0.2) is 60.4 Å². The van der Waals surface area contributed by atoms with Gasteiger partial charge in [-0.15, -0.1) is 0 Å². The van der Waals surface area contributed by atoms with Gasteiger partial charge in [0.1, 0.15) is 4.88 Å². The predicted octanol–water partition coefficient (Wildman–Crippen LogP) is 0.894. The fourth-order valence-electron chi connectivity index (χ4n) is 1.82. The van der Waals surface area contributed by atoms with Gasteiger partial charge in [-0.25, -0.2) is 9.78 Å². The number of aryl methyl sites for hydroxylation is 1. The number of hydrogen-bond donors (Lipinski definition) is 2. The first-order valence-corrected chi connectivity index (χ1v) is 6.73. The van der Waals surface area contributed by atoms with Crippen molar-refractivity contribution in [1.29, 1.82) is 0 Å². The smallest absolute Gasteiger partial charge is 0.347 e. The van der Waals surface area contributed by atoms with E-state index in [1.165, 1.54) is 11.3 Å². The number of carbonyl (C=O) groups is 1. The minimum atomic E-state index is -0.911. The van der Waals surface area contributed by atoms with Gasteiger partial charge >= 0.3 is 5.97 Å². The van der Waals surface area contributed by atoms with Crippen molar-refractivity contribution < 1.29 is 14.6 Å². The molecule has 1 aliphatic rings. The summed E-state index contributed by atoms with van der Waals surface area (Å²) in [5.41, 5.74) is 0.571. The van der Waals surface area contributed by atoms with E-state index in [9.17, 15) is 4.79 Å². The lowest BCUT2D eigenvalue weighted by Crippen LogP contribution is -2.38. The van der Waals surface area contributed by atoms with Crippen molar-refractivity contribution in [2.24, 2.45) is 0 Å². The molecule has 1 aromatic heterocycles. The van der Waals surface area contributed by atoms with Gasteiger partial charge in [0.15, 0.2) is 5.13 Å². The molecule has 7 heteroatoms. The summed E-state index contributed by atoms with van der Waals surface area (Å²) in [7, 11) is 0. The Morgan fingerprint density at radius 2 is 2.28 bits per heavy atom. The molecule has 2 rings (SSSR count). The van der Waals surface area contributed by atoms with Crippen LogP contribution in [0.5, 0.6) is 0 Å². The Morgan fingerprint density at radius 1 is 1.56 bits per heavy atom. The number of aromatic nitrogens is 1. The molecule has 2 heterocycles. The van der Waals surface area contributed by atoms with Gasteiger partial charge in [-0.2, -0.15) is 0 Å². The minimum absolute atomic E-state index is 0.309. The van der Waals surface area contributed by atoms with Crippen LogP contribution in [0.4, 0.5) is 5.13 Å². The number of anilines is 1. The molecule has 18 heavy (non-hydrogen) atoms. The van der Waals surface area contributed by atoms with Gasteiger partial charge in [-0.1, -0.05) is 11.3 Å². The molecule has 0 spiro atoms. The number of rotatable bonds is 5. The highest BCUT2D eigenvalue weighted by molar-refractivity contribution is 7.17. The standard InChI is InChI=1S/C11H17N3O3S/c1-8-9(10(15)16)18-11(13-8)12-2-3-14-4-6-17-7-5-14/h2-7H2,1H3,(H,12,13)(H,15,16). The van der Waals surface area contributed by atoms with E-state index < -0.39 is 5.97 Å². The molecule has 0 atom stereocenters. The quantitative estimate of drug-likeness (QED) is 0.828. The molecule has 1 aliphatic heterocycles. The van der Waals surface area contributed by atoms with Gasteiger partial charge < -0.3 is 15.2 Å². The Balaban J connectivity index is 1.79. The Hall–Kier alpha value is -1.18. The van der Waals surface area contributed by atoms with Crippen molar-refractivity contribution >= 4 is 22.4 Å². The number of aromatic carboxylic acids is 1. The van der Waals surface area contributed by atoms with Crippen LogP contribution in [-0.2, 0) is 4.74 Å². The van der Waals surface area contributed by atoms with Crippen molar-refractivity contribution in [3.05, 3.63) is 10.6 Å². The summed E-state index contributed by atoms with van der Waals surface area (Å²) in [6.07, 6.45) is 0. The third kappa shape index (κ3) is 3.41. The Morgan fingerprint density at radius 3 is 2.89 bits per heavy atom. The third-order valence-corrected chi connectivity index (χ3v) is 3.90. The normalized spacial score (nSPS) is 16.7. The Bertz CT molecular complexity index is 416. The molecule has 1 saturated heterocycles. The lowest BCUT2D eigenvalue weighted by Gasteiger charge is -2.26. The molecule has 0 unspecified atom stereocenters. The van der Waals surface area contributed by atoms with E-state index in [1.54, 1.807) is 6.92 Å². The number of nitrogens with zero attached hydrogens (tertiary/aromatic N) is 2. The molecule has 6 nitrogen and oxygen atoms in total. The predicted molar refractivity (Wildman–Crippen MR) is 69.6 cm³/mol. The lowest BCUT2D eigenvalue weighted by atomic mass is 10.4. The number of morpholine rings is 1. The van der Waals surface area contributed by atoms with Crippen molar-refractivity contribution in [3.63, 3.8) is 0 Å².